The number of fused-ring (bicyclic) bond motifs is 1. The Morgan fingerprint density at radius 3 is 2.76 bits per heavy atom. The number of aromatic nitrogens is 2. The Bertz CT molecular complexity index is 940. The molecule has 3 rings (SSSR count). The molecule has 154 valence electrons. The summed E-state index contributed by atoms with van der Waals surface area (Å²) < 4.78 is 17.4. The zero-order valence-electron chi connectivity index (χ0n) is 15.9. The third-order valence-corrected chi connectivity index (χ3v) is 4.26. The predicted molar refractivity (Wildman–Crippen MR) is 98.7 cm³/mol. The Hall–Kier alpha value is -3.63. The molecule has 0 aliphatic carbocycles. The lowest BCUT2D eigenvalue weighted by atomic mass is 10.2. The summed E-state index contributed by atoms with van der Waals surface area (Å²) in [6.07, 6.45) is -0.361. The Balaban J connectivity index is 1.42. The summed E-state index contributed by atoms with van der Waals surface area (Å²) in [7, 11) is 0. The number of nitrogens with one attached hydrogen (secondary N) is 1. The van der Waals surface area contributed by atoms with Crippen molar-refractivity contribution in [2.24, 2.45) is 0 Å². The Kier molecular flexibility index (Phi) is 5.96. The van der Waals surface area contributed by atoms with Crippen LogP contribution in [0.5, 0.6) is 11.5 Å². The van der Waals surface area contributed by atoms with E-state index < -0.39 is 23.4 Å². The average molecular weight is 404 g/mol. The van der Waals surface area contributed by atoms with Crippen molar-refractivity contribution in [3.63, 3.8) is 0 Å². The molecule has 1 amide bonds. The highest BCUT2D eigenvalue weighted by Crippen LogP contribution is 2.30. The van der Waals surface area contributed by atoms with E-state index in [1.54, 1.807) is 12.1 Å². The van der Waals surface area contributed by atoms with Crippen LogP contribution in [0.4, 0.5) is 5.69 Å². The average Bonchev–Trinajstić information content (AvgIpc) is 2.97. The van der Waals surface area contributed by atoms with Gasteiger partial charge in [0.2, 0.25) is 0 Å². The normalized spacial score (nSPS) is 14.9. The van der Waals surface area contributed by atoms with Gasteiger partial charge in [0.05, 0.1) is 11.5 Å². The first-order chi connectivity index (χ1) is 13.8. The highest BCUT2D eigenvalue weighted by molar-refractivity contribution is 5.80. The number of nitro groups is 1. The molecule has 2 aromatic rings. The number of amides is 1. The molecule has 1 aliphatic rings. The third-order valence-electron chi connectivity index (χ3n) is 4.26. The van der Waals surface area contributed by atoms with Gasteiger partial charge in [-0.2, -0.15) is 5.10 Å². The molecule has 1 unspecified atom stereocenters. The molecule has 1 aromatic heterocycles. The van der Waals surface area contributed by atoms with Gasteiger partial charge in [0, 0.05) is 0 Å². The molecule has 1 aliphatic heterocycles. The molecule has 0 fully saturated rings. The van der Waals surface area contributed by atoms with Crippen LogP contribution in [0.3, 0.4) is 0 Å². The number of carbonyl (C=O) groups excluding carboxylic acids is 2. The van der Waals surface area contributed by atoms with Gasteiger partial charge in [-0.3, -0.25) is 24.4 Å². The number of rotatable bonds is 7. The summed E-state index contributed by atoms with van der Waals surface area (Å²) in [4.78, 5) is 34.3. The van der Waals surface area contributed by atoms with Gasteiger partial charge < -0.3 is 19.5 Å². The van der Waals surface area contributed by atoms with E-state index >= 15 is 0 Å². The number of ether oxygens (including phenoxy) is 3. The molecule has 0 saturated carbocycles. The molecule has 1 N–H and O–H groups in total. The van der Waals surface area contributed by atoms with Gasteiger partial charge in [-0.25, -0.2) is 0 Å². The fourth-order valence-corrected chi connectivity index (χ4v) is 2.86. The SMILES string of the molecule is Cc1nn(CC(=O)OCC(=O)NCC2COc3ccccc3O2)c(C)c1[N+](=O)[O-]. The fourth-order valence-electron chi connectivity index (χ4n) is 2.86. The van der Waals surface area contributed by atoms with Gasteiger partial charge in [0.15, 0.2) is 18.1 Å². The van der Waals surface area contributed by atoms with Gasteiger partial charge in [-0.1, -0.05) is 12.1 Å². The maximum absolute atomic E-state index is 11.9. The van der Waals surface area contributed by atoms with Crippen LogP contribution in [0, 0.1) is 24.0 Å². The molecule has 1 atom stereocenters. The van der Waals surface area contributed by atoms with Gasteiger partial charge in [-0.05, 0) is 26.0 Å². The van der Waals surface area contributed by atoms with E-state index in [-0.39, 0.29) is 42.9 Å². The van der Waals surface area contributed by atoms with Crippen LogP contribution in [-0.2, 0) is 20.9 Å². The van der Waals surface area contributed by atoms with Crippen molar-refractivity contribution >= 4 is 17.6 Å². The number of hydrogen-bond acceptors (Lipinski definition) is 8. The van der Waals surface area contributed by atoms with E-state index in [2.05, 4.69) is 10.4 Å². The summed E-state index contributed by atoms with van der Waals surface area (Å²) in [5.74, 6) is 0.0174. The Morgan fingerprint density at radius 2 is 2.07 bits per heavy atom. The summed E-state index contributed by atoms with van der Waals surface area (Å²) in [6.45, 7) is 2.63. The van der Waals surface area contributed by atoms with E-state index in [0.717, 1.165) is 0 Å². The van der Waals surface area contributed by atoms with E-state index in [9.17, 15) is 19.7 Å². The van der Waals surface area contributed by atoms with E-state index in [1.165, 1.54) is 18.5 Å². The molecule has 0 radical (unpaired) electrons. The second kappa shape index (κ2) is 8.59. The molecule has 0 spiro atoms. The summed E-state index contributed by atoms with van der Waals surface area (Å²) in [6, 6.07) is 7.22. The molecule has 11 nitrogen and oxygen atoms in total. The molecular weight excluding hydrogens is 384 g/mol. The van der Waals surface area contributed by atoms with Crippen molar-refractivity contribution in [2.75, 3.05) is 19.8 Å². The molecule has 0 bridgehead atoms. The zero-order chi connectivity index (χ0) is 21.0. The first kappa shape index (κ1) is 20.1. The molecule has 11 heteroatoms. The van der Waals surface area contributed by atoms with E-state index in [1.807, 2.05) is 12.1 Å². The topological polar surface area (TPSA) is 135 Å². The Labute approximate surface area is 165 Å². The van der Waals surface area contributed by atoms with Gasteiger partial charge >= 0.3 is 11.7 Å². The maximum atomic E-state index is 11.9. The lowest BCUT2D eigenvalue weighted by molar-refractivity contribution is -0.386. The van der Waals surface area contributed by atoms with Gasteiger partial charge in [0.25, 0.3) is 5.91 Å². The Morgan fingerprint density at radius 1 is 1.34 bits per heavy atom. The number of carbonyl (C=O) groups is 2. The second-order valence-corrected chi connectivity index (χ2v) is 6.40. The minimum Gasteiger partial charge on any atom is -0.486 e. The monoisotopic (exact) mass is 404 g/mol. The summed E-state index contributed by atoms with van der Waals surface area (Å²) in [5, 5.41) is 17.6. The van der Waals surface area contributed by atoms with Crippen molar-refractivity contribution in [3.05, 3.63) is 45.8 Å². The van der Waals surface area contributed by atoms with E-state index in [4.69, 9.17) is 14.2 Å². The number of esters is 1. The molecule has 2 heterocycles. The van der Waals surface area contributed by atoms with Gasteiger partial charge in [-0.15, -0.1) is 0 Å². The van der Waals surface area contributed by atoms with Crippen LogP contribution in [0.1, 0.15) is 11.4 Å². The second-order valence-electron chi connectivity index (χ2n) is 6.40. The highest BCUT2D eigenvalue weighted by atomic mass is 16.6. The quantitative estimate of drug-likeness (QED) is 0.409. The van der Waals surface area contributed by atoms with Crippen molar-refractivity contribution in [1.82, 2.24) is 15.1 Å². The summed E-state index contributed by atoms with van der Waals surface area (Å²) in [5.41, 5.74) is 0.296. The fraction of sp³-hybridized carbons (Fsp3) is 0.389. The van der Waals surface area contributed by atoms with Crippen molar-refractivity contribution in [3.8, 4) is 11.5 Å². The smallest absolute Gasteiger partial charge is 0.328 e. The lowest BCUT2D eigenvalue weighted by Gasteiger charge is -2.26. The standard InChI is InChI=1S/C18H20N4O7/c1-11-18(22(25)26)12(2)21(20-11)8-17(24)28-10-16(23)19-7-13-9-27-14-5-3-4-6-15(14)29-13/h3-6,13H,7-10H2,1-2H3,(H,19,23). The third kappa shape index (κ3) is 4.81. The maximum Gasteiger partial charge on any atom is 0.328 e. The molecule has 0 saturated heterocycles. The number of para-hydroxylation sites is 2. The minimum absolute atomic E-state index is 0.146. The van der Waals surface area contributed by atoms with Crippen LogP contribution in [-0.4, -0.2) is 52.4 Å². The number of aryl methyl sites for hydroxylation is 1. The largest absolute Gasteiger partial charge is 0.486 e. The van der Waals surface area contributed by atoms with Crippen molar-refractivity contribution in [2.45, 2.75) is 26.5 Å². The van der Waals surface area contributed by atoms with Crippen molar-refractivity contribution < 1.29 is 28.7 Å². The van der Waals surface area contributed by atoms with E-state index in [0.29, 0.717) is 11.5 Å². The van der Waals surface area contributed by atoms with Crippen LogP contribution < -0.4 is 14.8 Å². The first-order valence-electron chi connectivity index (χ1n) is 8.84. The van der Waals surface area contributed by atoms with Crippen LogP contribution in [0.25, 0.3) is 0 Å². The number of nitrogens with zero attached hydrogens (tertiary/aromatic N) is 3. The van der Waals surface area contributed by atoms with Crippen LogP contribution in [0.15, 0.2) is 24.3 Å². The molecule has 29 heavy (non-hydrogen) atoms. The van der Waals surface area contributed by atoms with Gasteiger partial charge in [0.1, 0.15) is 30.6 Å². The van der Waals surface area contributed by atoms with Crippen molar-refractivity contribution in [1.29, 1.82) is 0 Å². The van der Waals surface area contributed by atoms with Crippen LogP contribution >= 0.6 is 0 Å². The lowest BCUT2D eigenvalue weighted by Crippen LogP contribution is -2.42. The number of benzene rings is 1. The minimum atomic E-state index is -0.730. The zero-order valence-corrected chi connectivity index (χ0v) is 15.9. The molecular formula is C18H20N4O7. The number of hydrogen-bond donors (Lipinski definition) is 1. The predicted octanol–water partition coefficient (Wildman–Crippen LogP) is 0.908. The molecule has 1 aromatic carbocycles. The highest BCUT2D eigenvalue weighted by Gasteiger charge is 2.24. The first-order valence-corrected chi connectivity index (χ1v) is 8.84. The summed E-state index contributed by atoms with van der Waals surface area (Å²) >= 11 is 0. The van der Waals surface area contributed by atoms with Crippen LogP contribution in [0.2, 0.25) is 0 Å².